The highest BCUT2D eigenvalue weighted by Gasteiger charge is 2.26. The average molecular weight is 197 g/mol. The van der Waals surface area contributed by atoms with E-state index in [4.69, 9.17) is 11.5 Å². The normalized spacial score (nSPS) is 27.2. The molecule has 0 spiro atoms. The van der Waals surface area contributed by atoms with Gasteiger partial charge in [-0.25, -0.2) is 4.98 Å². The van der Waals surface area contributed by atoms with Gasteiger partial charge in [0.05, 0.1) is 5.69 Å². The van der Waals surface area contributed by atoms with E-state index in [-0.39, 0.29) is 0 Å². The third-order valence-electron chi connectivity index (χ3n) is 2.66. The van der Waals surface area contributed by atoms with Gasteiger partial charge in [-0.1, -0.05) is 6.92 Å². The van der Waals surface area contributed by atoms with Crippen LogP contribution >= 0.6 is 11.3 Å². The number of aromatic nitrogens is 1. The van der Waals surface area contributed by atoms with E-state index in [1.165, 1.54) is 10.6 Å². The summed E-state index contributed by atoms with van der Waals surface area (Å²) in [6.45, 7) is 2.18. The lowest BCUT2D eigenvalue weighted by Crippen LogP contribution is -2.29. The summed E-state index contributed by atoms with van der Waals surface area (Å²) in [4.78, 5) is 5.69. The highest BCUT2D eigenvalue weighted by atomic mass is 32.1. The number of rotatable bonds is 1. The van der Waals surface area contributed by atoms with Crippen LogP contribution in [0.15, 0.2) is 0 Å². The van der Waals surface area contributed by atoms with Crippen LogP contribution in [0.3, 0.4) is 0 Å². The maximum atomic E-state index is 5.96. The highest BCUT2D eigenvalue weighted by molar-refractivity contribution is 7.15. The van der Waals surface area contributed by atoms with E-state index in [0.717, 1.165) is 19.3 Å². The summed E-state index contributed by atoms with van der Waals surface area (Å²) in [7, 11) is 0. The second kappa shape index (κ2) is 3.27. The largest absolute Gasteiger partial charge is 0.375 e. The number of hydrogen-bond donors (Lipinski definition) is 2. The number of anilines is 1. The minimum Gasteiger partial charge on any atom is -0.375 e. The molecular weight excluding hydrogens is 182 g/mol. The van der Waals surface area contributed by atoms with E-state index in [1.54, 1.807) is 11.3 Å². The topological polar surface area (TPSA) is 64.9 Å². The van der Waals surface area contributed by atoms with E-state index in [2.05, 4.69) is 11.9 Å². The summed E-state index contributed by atoms with van der Waals surface area (Å²) in [5.74, 6) is 0.535. The predicted octanol–water partition coefficient (Wildman–Crippen LogP) is 1.49. The van der Waals surface area contributed by atoms with Crippen LogP contribution in [-0.4, -0.2) is 11.0 Å². The van der Waals surface area contributed by atoms with Crippen LogP contribution in [0, 0.1) is 0 Å². The monoisotopic (exact) mass is 197 g/mol. The molecule has 4 heteroatoms. The fourth-order valence-corrected chi connectivity index (χ4v) is 3.02. The first-order valence-corrected chi connectivity index (χ1v) is 5.53. The fourth-order valence-electron chi connectivity index (χ4n) is 2.01. The van der Waals surface area contributed by atoms with Gasteiger partial charge in [0.15, 0.2) is 5.13 Å². The number of nitrogen functional groups attached to an aromatic ring is 1. The fraction of sp³-hybridized carbons (Fsp3) is 0.667. The van der Waals surface area contributed by atoms with E-state index >= 15 is 0 Å². The van der Waals surface area contributed by atoms with Gasteiger partial charge in [0.25, 0.3) is 0 Å². The molecule has 0 aromatic carbocycles. The first-order valence-electron chi connectivity index (χ1n) is 4.71. The van der Waals surface area contributed by atoms with E-state index in [0.29, 0.717) is 17.1 Å². The van der Waals surface area contributed by atoms with Crippen molar-refractivity contribution in [2.75, 3.05) is 5.73 Å². The van der Waals surface area contributed by atoms with Crippen LogP contribution in [0.25, 0.3) is 0 Å². The molecule has 4 N–H and O–H groups in total. The molecular formula is C9H15N3S. The van der Waals surface area contributed by atoms with Gasteiger partial charge in [-0.05, 0) is 19.3 Å². The molecule has 3 nitrogen and oxygen atoms in total. The van der Waals surface area contributed by atoms with Crippen molar-refractivity contribution in [3.8, 4) is 0 Å². The van der Waals surface area contributed by atoms with E-state index in [1.807, 2.05) is 0 Å². The van der Waals surface area contributed by atoms with Crippen molar-refractivity contribution in [1.29, 1.82) is 0 Å². The first kappa shape index (κ1) is 8.97. The van der Waals surface area contributed by atoms with Crippen molar-refractivity contribution < 1.29 is 0 Å². The Balaban J connectivity index is 2.36. The Morgan fingerprint density at radius 1 is 1.62 bits per heavy atom. The van der Waals surface area contributed by atoms with Crippen LogP contribution in [-0.2, 0) is 6.42 Å². The van der Waals surface area contributed by atoms with E-state index in [9.17, 15) is 0 Å². The molecule has 0 fully saturated rings. The van der Waals surface area contributed by atoms with Crippen LogP contribution in [0.2, 0.25) is 0 Å². The molecule has 0 radical (unpaired) electrons. The summed E-state index contributed by atoms with van der Waals surface area (Å²) in [5, 5.41) is 0.692. The summed E-state index contributed by atoms with van der Waals surface area (Å²) >= 11 is 1.60. The minimum absolute atomic E-state index is 0.303. The van der Waals surface area contributed by atoms with Crippen molar-refractivity contribution >= 4 is 16.5 Å². The molecule has 0 aliphatic heterocycles. The molecule has 1 aliphatic carbocycles. The summed E-state index contributed by atoms with van der Waals surface area (Å²) in [6, 6.07) is 0.303. The lowest BCUT2D eigenvalue weighted by molar-refractivity contribution is 0.476. The predicted molar refractivity (Wildman–Crippen MR) is 55.9 cm³/mol. The van der Waals surface area contributed by atoms with Gasteiger partial charge >= 0.3 is 0 Å². The quantitative estimate of drug-likeness (QED) is 0.717. The minimum atomic E-state index is 0.303. The maximum Gasteiger partial charge on any atom is 0.180 e. The zero-order chi connectivity index (χ0) is 9.42. The number of fused-ring (bicyclic) bond motifs is 1. The average Bonchev–Trinajstić information content (AvgIpc) is 2.43. The van der Waals surface area contributed by atoms with Gasteiger partial charge in [-0.15, -0.1) is 11.3 Å². The Labute approximate surface area is 82.2 Å². The number of nitrogens with zero attached hydrogens (tertiary/aromatic N) is 1. The number of hydrogen-bond acceptors (Lipinski definition) is 4. The van der Waals surface area contributed by atoms with Crippen molar-refractivity contribution in [1.82, 2.24) is 4.98 Å². The van der Waals surface area contributed by atoms with Crippen molar-refractivity contribution in [3.63, 3.8) is 0 Å². The van der Waals surface area contributed by atoms with Gasteiger partial charge in [0, 0.05) is 16.8 Å². The SMILES string of the molecule is CCC1CC(N)Cc2sc(N)nc21. The van der Waals surface area contributed by atoms with Gasteiger partial charge < -0.3 is 11.5 Å². The van der Waals surface area contributed by atoms with Crippen LogP contribution < -0.4 is 11.5 Å². The Kier molecular flexibility index (Phi) is 2.26. The number of thiazole rings is 1. The van der Waals surface area contributed by atoms with Crippen molar-refractivity contribution in [2.24, 2.45) is 5.73 Å². The van der Waals surface area contributed by atoms with Gasteiger partial charge in [0.1, 0.15) is 0 Å². The molecule has 2 unspecified atom stereocenters. The van der Waals surface area contributed by atoms with Crippen LogP contribution in [0.1, 0.15) is 36.3 Å². The second-order valence-corrected chi connectivity index (χ2v) is 4.78. The summed E-state index contributed by atoms with van der Waals surface area (Å²) < 4.78 is 0. The Hall–Kier alpha value is -0.610. The third kappa shape index (κ3) is 1.56. The molecule has 0 saturated heterocycles. The maximum absolute atomic E-state index is 5.96. The van der Waals surface area contributed by atoms with Crippen LogP contribution in [0.4, 0.5) is 5.13 Å². The molecule has 2 rings (SSSR count). The smallest absolute Gasteiger partial charge is 0.180 e. The van der Waals surface area contributed by atoms with Crippen molar-refractivity contribution in [2.45, 2.75) is 38.1 Å². The second-order valence-electron chi connectivity index (χ2n) is 3.67. The molecule has 0 bridgehead atoms. The van der Waals surface area contributed by atoms with Crippen LogP contribution in [0.5, 0.6) is 0 Å². The summed E-state index contributed by atoms with van der Waals surface area (Å²) in [6.07, 6.45) is 3.14. The molecule has 2 atom stereocenters. The summed E-state index contributed by atoms with van der Waals surface area (Å²) in [5.41, 5.74) is 12.9. The van der Waals surface area contributed by atoms with Gasteiger partial charge in [-0.3, -0.25) is 0 Å². The molecule has 1 aromatic rings. The zero-order valence-electron chi connectivity index (χ0n) is 7.79. The first-order chi connectivity index (χ1) is 6.20. The van der Waals surface area contributed by atoms with Gasteiger partial charge in [-0.2, -0.15) is 0 Å². The molecule has 1 heterocycles. The Morgan fingerprint density at radius 2 is 2.38 bits per heavy atom. The standard InChI is InChI=1S/C9H15N3S/c1-2-5-3-6(10)4-7-8(5)12-9(11)13-7/h5-6H,2-4,10H2,1H3,(H2,11,12). The highest BCUT2D eigenvalue weighted by Crippen LogP contribution is 2.36. The van der Waals surface area contributed by atoms with Gasteiger partial charge in [0.2, 0.25) is 0 Å². The van der Waals surface area contributed by atoms with E-state index < -0.39 is 0 Å². The lowest BCUT2D eigenvalue weighted by atomic mass is 9.86. The molecule has 1 aliphatic rings. The molecule has 0 saturated carbocycles. The molecule has 72 valence electrons. The Bertz CT molecular complexity index is 308. The molecule has 13 heavy (non-hydrogen) atoms. The Morgan fingerprint density at radius 3 is 3.08 bits per heavy atom. The van der Waals surface area contributed by atoms with Crippen molar-refractivity contribution in [3.05, 3.63) is 10.6 Å². The zero-order valence-corrected chi connectivity index (χ0v) is 8.60. The number of nitrogens with two attached hydrogens (primary N) is 2. The molecule has 0 amide bonds. The third-order valence-corrected chi connectivity index (χ3v) is 3.58. The molecule has 1 aromatic heterocycles. The lowest BCUT2D eigenvalue weighted by Gasteiger charge is -2.24.